The summed E-state index contributed by atoms with van der Waals surface area (Å²) in [4.78, 5) is 7.91. The van der Waals surface area contributed by atoms with Gasteiger partial charge in [-0.15, -0.1) is 0 Å². The van der Waals surface area contributed by atoms with Gasteiger partial charge in [0.2, 0.25) is 5.95 Å². The van der Waals surface area contributed by atoms with Crippen molar-refractivity contribution >= 4 is 11.8 Å². The molecular weight excluding hydrogens is 192 g/mol. The van der Waals surface area contributed by atoms with Crippen molar-refractivity contribution in [3.8, 4) is 0 Å². The summed E-state index contributed by atoms with van der Waals surface area (Å²) in [7, 11) is 1.69. The molecule has 5 heteroatoms. The predicted octanol–water partition coefficient (Wildman–Crippen LogP) is 1.14. The van der Waals surface area contributed by atoms with Gasteiger partial charge in [0.15, 0.2) is 0 Å². The summed E-state index contributed by atoms with van der Waals surface area (Å²) in [6, 6.07) is 2.02. The highest BCUT2D eigenvalue weighted by atomic mass is 16.5. The van der Waals surface area contributed by atoms with Gasteiger partial charge in [0.1, 0.15) is 5.82 Å². The van der Waals surface area contributed by atoms with Gasteiger partial charge >= 0.3 is 0 Å². The Hall–Kier alpha value is -1.36. The zero-order valence-corrected chi connectivity index (χ0v) is 9.40. The standard InChI is InChI=1S/C10H18N4O/c1-7(2)8(6-15-3)13-9-4-5-12-10(11)14-9/h4-5,7-8H,6H2,1-3H3,(H3,11,12,13,14). The molecule has 15 heavy (non-hydrogen) atoms. The molecule has 0 saturated carbocycles. The van der Waals surface area contributed by atoms with Gasteiger partial charge in [0.25, 0.3) is 0 Å². The van der Waals surface area contributed by atoms with Crippen LogP contribution in [0.4, 0.5) is 11.8 Å². The zero-order valence-electron chi connectivity index (χ0n) is 9.40. The second kappa shape index (κ2) is 5.50. The van der Waals surface area contributed by atoms with E-state index in [1.165, 1.54) is 0 Å². The normalized spacial score (nSPS) is 12.8. The Labute approximate surface area is 90.1 Å². The van der Waals surface area contributed by atoms with Gasteiger partial charge < -0.3 is 15.8 Å². The van der Waals surface area contributed by atoms with Crippen molar-refractivity contribution in [1.82, 2.24) is 9.97 Å². The molecule has 1 atom stereocenters. The van der Waals surface area contributed by atoms with Gasteiger partial charge in [-0.2, -0.15) is 4.98 Å². The number of hydrogen-bond donors (Lipinski definition) is 2. The fraction of sp³-hybridized carbons (Fsp3) is 0.600. The maximum atomic E-state index is 5.49. The van der Waals surface area contributed by atoms with E-state index in [2.05, 4.69) is 29.1 Å². The molecule has 0 spiro atoms. The number of ether oxygens (including phenoxy) is 1. The molecule has 1 aromatic rings. The number of rotatable bonds is 5. The predicted molar refractivity (Wildman–Crippen MR) is 60.6 cm³/mol. The average Bonchev–Trinajstić information content (AvgIpc) is 2.17. The lowest BCUT2D eigenvalue weighted by atomic mass is 10.1. The zero-order chi connectivity index (χ0) is 11.3. The number of nitrogen functional groups attached to an aromatic ring is 1. The summed E-state index contributed by atoms with van der Waals surface area (Å²) in [6.45, 7) is 4.89. The maximum Gasteiger partial charge on any atom is 0.221 e. The third kappa shape index (κ3) is 3.71. The summed E-state index contributed by atoms with van der Waals surface area (Å²) in [6.07, 6.45) is 1.63. The van der Waals surface area contributed by atoms with Crippen LogP contribution in [0.2, 0.25) is 0 Å². The first-order chi connectivity index (χ1) is 7.13. The molecule has 1 rings (SSSR count). The van der Waals surface area contributed by atoms with Gasteiger partial charge in [0, 0.05) is 13.3 Å². The molecule has 1 unspecified atom stereocenters. The summed E-state index contributed by atoms with van der Waals surface area (Å²) < 4.78 is 5.13. The molecule has 0 radical (unpaired) electrons. The van der Waals surface area contributed by atoms with Crippen LogP contribution in [0.15, 0.2) is 12.3 Å². The van der Waals surface area contributed by atoms with E-state index in [0.717, 1.165) is 5.82 Å². The van der Waals surface area contributed by atoms with E-state index in [-0.39, 0.29) is 12.0 Å². The fourth-order valence-electron chi connectivity index (χ4n) is 1.22. The number of nitrogens with one attached hydrogen (secondary N) is 1. The first-order valence-electron chi connectivity index (χ1n) is 4.97. The van der Waals surface area contributed by atoms with Gasteiger partial charge in [0.05, 0.1) is 12.6 Å². The lowest BCUT2D eigenvalue weighted by Gasteiger charge is -2.21. The third-order valence-corrected chi connectivity index (χ3v) is 2.16. The minimum Gasteiger partial charge on any atom is -0.383 e. The van der Waals surface area contributed by atoms with E-state index in [1.54, 1.807) is 19.4 Å². The number of hydrogen-bond acceptors (Lipinski definition) is 5. The lowest BCUT2D eigenvalue weighted by Crippen LogP contribution is -2.30. The molecular formula is C10H18N4O. The highest BCUT2D eigenvalue weighted by molar-refractivity contribution is 5.38. The van der Waals surface area contributed by atoms with Crippen LogP contribution in [0.5, 0.6) is 0 Å². The number of methoxy groups -OCH3 is 1. The summed E-state index contributed by atoms with van der Waals surface area (Å²) in [5, 5.41) is 3.26. The molecule has 0 aliphatic heterocycles. The van der Waals surface area contributed by atoms with Gasteiger partial charge in [-0.1, -0.05) is 13.8 Å². The van der Waals surface area contributed by atoms with Gasteiger partial charge in [-0.25, -0.2) is 4.98 Å². The molecule has 1 aromatic heterocycles. The molecule has 0 bridgehead atoms. The Bertz CT molecular complexity index is 303. The van der Waals surface area contributed by atoms with Crippen LogP contribution in [0.3, 0.4) is 0 Å². The second-order valence-electron chi connectivity index (χ2n) is 3.75. The molecule has 1 heterocycles. The Kier molecular flexibility index (Phi) is 4.30. The average molecular weight is 210 g/mol. The molecule has 0 aliphatic rings. The molecule has 0 fully saturated rings. The maximum absolute atomic E-state index is 5.49. The highest BCUT2D eigenvalue weighted by Crippen LogP contribution is 2.10. The van der Waals surface area contributed by atoms with Crippen molar-refractivity contribution in [3.05, 3.63) is 12.3 Å². The van der Waals surface area contributed by atoms with E-state index in [1.807, 2.05) is 0 Å². The van der Waals surface area contributed by atoms with Gasteiger partial charge in [-0.3, -0.25) is 0 Å². The molecule has 0 aliphatic carbocycles. The molecule has 0 aromatic carbocycles. The Morgan fingerprint density at radius 3 is 2.80 bits per heavy atom. The first kappa shape index (κ1) is 11.7. The van der Waals surface area contributed by atoms with Crippen LogP contribution >= 0.6 is 0 Å². The smallest absolute Gasteiger partial charge is 0.221 e. The number of aromatic nitrogens is 2. The Morgan fingerprint density at radius 1 is 1.53 bits per heavy atom. The van der Waals surface area contributed by atoms with Crippen LogP contribution < -0.4 is 11.1 Å². The molecule has 5 nitrogen and oxygen atoms in total. The van der Waals surface area contributed by atoms with Crippen molar-refractivity contribution in [3.63, 3.8) is 0 Å². The number of anilines is 2. The quantitative estimate of drug-likeness (QED) is 0.762. The SMILES string of the molecule is COCC(Nc1ccnc(N)n1)C(C)C. The Balaban J connectivity index is 2.65. The topological polar surface area (TPSA) is 73.1 Å². The fourth-order valence-corrected chi connectivity index (χ4v) is 1.22. The van der Waals surface area contributed by atoms with E-state index in [9.17, 15) is 0 Å². The van der Waals surface area contributed by atoms with Gasteiger partial charge in [-0.05, 0) is 12.0 Å². The highest BCUT2D eigenvalue weighted by Gasteiger charge is 2.13. The largest absolute Gasteiger partial charge is 0.383 e. The minimum atomic E-state index is 0.226. The van der Waals surface area contributed by atoms with Crippen LogP contribution in [0.25, 0.3) is 0 Å². The summed E-state index contributed by atoms with van der Waals surface area (Å²) in [5.74, 6) is 1.47. The van der Waals surface area contributed by atoms with E-state index in [0.29, 0.717) is 12.5 Å². The van der Waals surface area contributed by atoms with Crippen molar-refractivity contribution < 1.29 is 4.74 Å². The van der Waals surface area contributed by atoms with Crippen LogP contribution in [-0.2, 0) is 4.74 Å². The molecule has 0 saturated heterocycles. The number of nitrogens with zero attached hydrogens (tertiary/aromatic N) is 2. The van der Waals surface area contributed by atoms with Crippen molar-refractivity contribution in [2.45, 2.75) is 19.9 Å². The molecule has 3 N–H and O–H groups in total. The first-order valence-corrected chi connectivity index (χ1v) is 4.97. The second-order valence-corrected chi connectivity index (χ2v) is 3.75. The van der Waals surface area contributed by atoms with Crippen LogP contribution in [-0.4, -0.2) is 29.7 Å². The van der Waals surface area contributed by atoms with E-state index >= 15 is 0 Å². The summed E-state index contributed by atoms with van der Waals surface area (Å²) >= 11 is 0. The molecule has 0 amide bonds. The Morgan fingerprint density at radius 2 is 2.27 bits per heavy atom. The van der Waals surface area contributed by atoms with Crippen molar-refractivity contribution in [1.29, 1.82) is 0 Å². The summed E-state index contributed by atoms with van der Waals surface area (Å²) in [5.41, 5.74) is 5.49. The molecule has 84 valence electrons. The van der Waals surface area contributed by atoms with Crippen LogP contribution in [0.1, 0.15) is 13.8 Å². The van der Waals surface area contributed by atoms with Crippen LogP contribution in [0, 0.1) is 5.92 Å². The van der Waals surface area contributed by atoms with E-state index in [4.69, 9.17) is 10.5 Å². The van der Waals surface area contributed by atoms with Crippen molar-refractivity contribution in [2.75, 3.05) is 24.8 Å². The minimum absolute atomic E-state index is 0.226. The number of nitrogens with two attached hydrogens (primary N) is 1. The monoisotopic (exact) mass is 210 g/mol. The third-order valence-electron chi connectivity index (χ3n) is 2.16. The van der Waals surface area contributed by atoms with E-state index < -0.39 is 0 Å². The van der Waals surface area contributed by atoms with Crippen molar-refractivity contribution in [2.24, 2.45) is 5.92 Å². The lowest BCUT2D eigenvalue weighted by molar-refractivity contribution is 0.171.